The van der Waals surface area contributed by atoms with Gasteiger partial charge in [-0.25, -0.2) is 0 Å². The second kappa shape index (κ2) is 5.35. The van der Waals surface area contributed by atoms with Gasteiger partial charge in [-0.2, -0.15) is 12.6 Å². The van der Waals surface area contributed by atoms with E-state index in [2.05, 4.69) is 10.2 Å². The Hall–Kier alpha value is -1.02. The standard InChI is InChI=1S/C9H10O5S2/c1-2-8-4-3-5-9(6-8)7-16(12,13)14-15(10)11/h2-6H,1,7H2,(H,10,11). The average Bonchev–Trinajstić information content (AvgIpc) is 2.15. The molecule has 16 heavy (non-hydrogen) atoms. The summed E-state index contributed by atoms with van der Waals surface area (Å²) in [5, 5.41) is 0. The van der Waals surface area contributed by atoms with E-state index in [1.54, 1.807) is 30.3 Å². The van der Waals surface area contributed by atoms with Crippen molar-refractivity contribution in [2.24, 2.45) is 0 Å². The van der Waals surface area contributed by atoms with Gasteiger partial charge in [0.05, 0.1) is 0 Å². The van der Waals surface area contributed by atoms with Gasteiger partial charge in [-0.3, -0.25) is 4.55 Å². The quantitative estimate of drug-likeness (QED) is 0.809. The van der Waals surface area contributed by atoms with Gasteiger partial charge < -0.3 is 0 Å². The van der Waals surface area contributed by atoms with Crippen molar-refractivity contribution in [1.29, 1.82) is 0 Å². The Morgan fingerprint density at radius 2 is 2.19 bits per heavy atom. The molecule has 1 unspecified atom stereocenters. The van der Waals surface area contributed by atoms with Crippen LogP contribution in [0.5, 0.6) is 0 Å². The van der Waals surface area contributed by atoms with Gasteiger partial charge in [0.25, 0.3) is 10.1 Å². The summed E-state index contributed by atoms with van der Waals surface area (Å²) < 4.78 is 44.9. The Labute approximate surface area is 96.4 Å². The minimum absolute atomic E-state index is 0.457. The Bertz CT molecular complexity index is 506. The van der Waals surface area contributed by atoms with Gasteiger partial charge in [0, 0.05) is 0 Å². The smallest absolute Gasteiger partial charge is 0.283 e. The maximum atomic E-state index is 11.2. The van der Waals surface area contributed by atoms with E-state index >= 15 is 0 Å². The van der Waals surface area contributed by atoms with Crippen molar-refractivity contribution in [3.05, 3.63) is 42.0 Å². The molecule has 0 heterocycles. The van der Waals surface area contributed by atoms with Gasteiger partial charge in [0.1, 0.15) is 5.75 Å². The predicted molar refractivity (Wildman–Crippen MR) is 61.0 cm³/mol. The average molecular weight is 262 g/mol. The monoisotopic (exact) mass is 262 g/mol. The normalized spacial score (nSPS) is 13.3. The van der Waals surface area contributed by atoms with E-state index in [1.807, 2.05) is 0 Å². The fourth-order valence-electron chi connectivity index (χ4n) is 1.13. The molecule has 0 aliphatic carbocycles. The molecular formula is C9H10O5S2. The zero-order valence-electron chi connectivity index (χ0n) is 8.20. The van der Waals surface area contributed by atoms with Gasteiger partial charge in [-0.15, -0.1) is 3.63 Å². The lowest BCUT2D eigenvalue weighted by Gasteiger charge is -2.02. The van der Waals surface area contributed by atoms with E-state index in [-0.39, 0.29) is 0 Å². The van der Waals surface area contributed by atoms with Crippen LogP contribution in [0, 0.1) is 0 Å². The molecule has 0 aliphatic rings. The van der Waals surface area contributed by atoms with Crippen molar-refractivity contribution >= 4 is 27.6 Å². The van der Waals surface area contributed by atoms with Crippen LogP contribution in [0.15, 0.2) is 30.8 Å². The zero-order valence-corrected chi connectivity index (χ0v) is 9.83. The number of benzene rings is 1. The van der Waals surface area contributed by atoms with Crippen LogP contribution in [0.3, 0.4) is 0 Å². The molecule has 0 amide bonds. The second-order valence-corrected chi connectivity index (χ2v) is 5.32. The van der Waals surface area contributed by atoms with E-state index in [0.717, 1.165) is 5.56 Å². The van der Waals surface area contributed by atoms with Crippen molar-refractivity contribution in [2.45, 2.75) is 5.75 Å². The molecule has 5 nitrogen and oxygen atoms in total. The summed E-state index contributed by atoms with van der Waals surface area (Å²) in [4.78, 5) is 0. The lowest BCUT2D eigenvalue weighted by Crippen LogP contribution is -2.10. The molecule has 1 rings (SSSR count). The zero-order chi connectivity index (χ0) is 12.2. The van der Waals surface area contributed by atoms with Crippen LogP contribution >= 0.6 is 0 Å². The van der Waals surface area contributed by atoms with Crippen LogP contribution in [0.2, 0.25) is 0 Å². The van der Waals surface area contributed by atoms with E-state index in [4.69, 9.17) is 4.55 Å². The SMILES string of the molecule is C=Cc1cccc(CS(=O)(=O)OS(=O)O)c1. The van der Waals surface area contributed by atoms with Crippen LogP contribution in [0.25, 0.3) is 6.08 Å². The molecule has 0 aliphatic heterocycles. The maximum Gasteiger partial charge on any atom is 0.317 e. The third-order valence-corrected chi connectivity index (χ3v) is 3.67. The van der Waals surface area contributed by atoms with Crippen molar-refractivity contribution in [2.75, 3.05) is 0 Å². The molecule has 1 aromatic rings. The molecule has 88 valence electrons. The summed E-state index contributed by atoms with van der Waals surface area (Å²) >= 11 is -2.82. The van der Waals surface area contributed by atoms with Crippen LogP contribution in [-0.2, 0) is 30.9 Å². The highest BCUT2D eigenvalue weighted by Gasteiger charge is 2.16. The summed E-state index contributed by atoms with van der Waals surface area (Å²) in [6.45, 7) is 3.55. The summed E-state index contributed by atoms with van der Waals surface area (Å²) in [5.41, 5.74) is 1.22. The molecular weight excluding hydrogens is 252 g/mol. The highest BCUT2D eigenvalue weighted by atomic mass is 32.3. The minimum atomic E-state index is -4.04. The number of rotatable bonds is 5. The van der Waals surface area contributed by atoms with Gasteiger partial charge in [0.15, 0.2) is 0 Å². The predicted octanol–water partition coefficient (Wildman–Crippen LogP) is 1.31. The van der Waals surface area contributed by atoms with Crippen molar-refractivity contribution < 1.29 is 20.8 Å². The van der Waals surface area contributed by atoms with Crippen LogP contribution in [0.4, 0.5) is 0 Å². The molecule has 0 fully saturated rings. The first-order valence-corrected chi connectivity index (χ1v) is 6.79. The Morgan fingerprint density at radius 3 is 2.75 bits per heavy atom. The van der Waals surface area contributed by atoms with Gasteiger partial charge >= 0.3 is 11.4 Å². The first-order chi connectivity index (χ1) is 7.43. The molecule has 7 heteroatoms. The fraction of sp³-hybridized carbons (Fsp3) is 0.111. The van der Waals surface area contributed by atoms with Crippen molar-refractivity contribution in [1.82, 2.24) is 0 Å². The first kappa shape index (κ1) is 13.0. The van der Waals surface area contributed by atoms with Gasteiger partial charge in [-0.1, -0.05) is 36.9 Å². The molecule has 0 radical (unpaired) electrons. The van der Waals surface area contributed by atoms with Crippen LogP contribution < -0.4 is 0 Å². The van der Waals surface area contributed by atoms with Crippen LogP contribution in [0.1, 0.15) is 11.1 Å². The third kappa shape index (κ3) is 4.23. The Kier molecular flexibility index (Phi) is 4.36. The van der Waals surface area contributed by atoms with Crippen molar-refractivity contribution in [3.63, 3.8) is 0 Å². The van der Waals surface area contributed by atoms with E-state index < -0.39 is 27.2 Å². The molecule has 0 aromatic heterocycles. The largest absolute Gasteiger partial charge is 0.317 e. The van der Waals surface area contributed by atoms with E-state index in [9.17, 15) is 12.6 Å². The lowest BCUT2D eigenvalue weighted by molar-refractivity contribution is 0.442. The lowest BCUT2D eigenvalue weighted by atomic mass is 10.1. The minimum Gasteiger partial charge on any atom is -0.283 e. The van der Waals surface area contributed by atoms with Crippen LogP contribution in [-0.4, -0.2) is 17.2 Å². The topological polar surface area (TPSA) is 80.7 Å². The molecule has 1 N–H and O–H groups in total. The molecule has 0 saturated heterocycles. The highest BCUT2D eigenvalue weighted by molar-refractivity contribution is 7.94. The van der Waals surface area contributed by atoms with E-state index in [0.29, 0.717) is 5.56 Å². The highest BCUT2D eigenvalue weighted by Crippen LogP contribution is 2.11. The first-order valence-electron chi connectivity index (χ1n) is 4.18. The molecule has 0 saturated carbocycles. The third-order valence-electron chi connectivity index (χ3n) is 1.69. The van der Waals surface area contributed by atoms with Gasteiger partial charge in [0.2, 0.25) is 0 Å². The summed E-state index contributed by atoms with van der Waals surface area (Å²) in [6.07, 6.45) is 1.57. The second-order valence-electron chi connectivity index (χ2n) is 2.94. The molecule has 0 spiro atoms. The fourth-order valence-corrected chi connectivity index (χ4v) is 2.62. The summed E-state index contributed by atoms with van der Waals surface area (Å²) in [6, 6.07) is 6.61. The Morgan fingerprint density at radius 1 is 1.50 bits per heavy atom. The Balaban J connectivity index is 2.87. The maximum absolute atomic E-state index is 11.2. The molecule has 1 atom stereocenters. The number of hydrogen-bond acceptors (Lipinski definition) is 4. The summed E-state index contributed by atoms with van der Waals surface area (Å²) in [5.74, 6) is -0.457. The molecule has 0 bridgehead atoms. The molecule has 1 aromatic carbocycles. The summed E-state index contributed by atoms with van der Waals surface area (Å²) in [7, 11) is -4.04. The van der Waals surface area contributed by atoms with Crippen molar-refractivity contribution in [3.8, 4) is 0 Å². The van der Waals surface area contributed by atoms with E-state index in [1.165, 1.54) is 0 Å². The van der Waals surface area contributed by atoms with Gasteiger partial charge in [-0.05, 0) is 11.1 Å². The number of hydrogen-bond donors (Lipinski definition) is 1.